The maximum atomic E-state index is 13.4. The van der Waals surface area contributed by atoms with Gasteiger partial charge in [0, 0.05) is 11.6 Å². The van der Waals surface area contributed by atoms with Gasteiger partial charge in [0.05, 0.1) is 23.8 Å². The van der Waals surface area contributed by atoms with Gasteiger partial charge < -0.3 is 4.57 Å². The number of hydrogen-bond acceptors (Lipinski definition) is 1. The summed E-state index contributed by atoms with van der Waals surface area (Å²) in [6.07, 6.45) is -1.63. The number of halogens is 4. The van der Waals surface area contributed by atoms with Gasteiger partial charge in [0.15, 0.2) is 0 Å². The van der Waals surface area contributed by atoms with Gasteiger partial charge in [0.25, 0.3) is 0 Å². The van der Waals surface area contributed by atoms with E-state index in [0.29, 0.717) is 11.8 Å². The van der Waals surface area contributed by atoms with Crippen molar-refractivity contribution in [1.29, 1.82) is 0 Å². The summed E-state index contributed by atoms with van der Waals surface area (Å²) in [7, 11) is 0. The van der Waals surface area contributed by atoms with Gasteiger partial charge in [-0.25, -0.2) is 9.37 Å². The van der Waals surface area contributed by atoms with Crippen LogP contribution >= 0.6 is 0 Å². The number of rotatable bonds is 2. The quantitative estimate of drug-likeness (QED) is 0.746. The van der Waals surface area contributed by atoms with E-state index in [4.69, 9.17) is 0 Å². The molecule has 0 saturated carbocycles. The van der Waals surface area contributed by atoms with E-state index in [9.17, 15) is 17.6 Å². The molecule has 0 aliphatic rings. The summed E-state index contributed by atoms with van der Waals surface area (Å²) >= 11 is 0. The highest BCUT2D eigenvalue weighted by molar-refractivity contribution is 5.60. The number of imidazole rings is 1. The molecule has 2 rings (SSSR count). The van der Waals surface area contributed by atoms with Crippen LogP contribution in [0.1, 0.15) is 25.5 Å². The maximum Gasteiger partial charge on any atom is 0.416 e. The first-order valence-corrected chi connectivity index (χ1v) is 5.69. The topological polar surface area (TPSA) is 17.8 Å². The second-order valence-electron chi connectivity index (χ2n) is 4.51. The van der Waals surface area contributed by atoms with Crippen LogP contribution in [-0.2, 0) is 6.18 Å². The van der Waals surface area contributed by atoms with Gasteiger partial charge in [0.1, 0.15) is 5.82 Å². The minimum Gasteiger partial charge on any atom is -0.328 e. The Kier molecular flexibility index (Phi) is 3.34. The highest BCUT2D eigenvalue weighted by Gasteiger charge is 2.31. The SMILES string of the molecule is CC(C)n1cncc1-c1cc(F)cc(C(F)(F)F)c1. The lowest BCUT2D eigenvalue weighted by Crippen LogP contribution is -2.07. The van der Waals surface area contributed by atoms with Gasteiger partial charge in [0.2, 0.25) is 0 Å². The predicted molar refractivity (Wildman–Crippen MR) is 63.0 cm³/mol. The Morgan fingerprint density at radius 2 is 1.84 bits per heavy atom. The fourth-order valence-electron chi connectivity index (χ4n) is 1.84. The molecular formula is C13H12F4N2. The van der Waals surface area contributed by atoms with E-state index in [2.05, 4.69) is 4.98 Å². The van der Waals surface area contributed by atoms with E-state index in [-0.39, 0.29) is 11.6 Å². The molecule has 1 aromatic carbocycles. The van der Waals surface area contributed by atoms with Crippen LogP contribution in [0.25, 0.3) is 11.3 Å². The third-order valence-electron chi connectivity index (χ3n) is 2.74. The fraction of sp³-hybridized carbons (Fsp3) is 0.308. The van der Waals surface area contributed by atoms with E-state index in [1.807, 2.05) is 13.8 Å². The lowest BCUT2D eigenvalue weighted by Gasteiger charge is -2.13. The Labute approximate surface area is 107 Å². The maximum absolute atomic E-state index is 13.4. The summed E-state index contributed by atoms with van der Waals surface area (Å²) in [6, 6.07) is 2.51. The molecule has 0 amide bonds. The molecule has 0 aliphatic heterocycles. The van der Waals surface area contributed by atoms with Crippen LogP contribution in [-0.4, -0.2) is 9.55 Å². The molecule has 0 unspecified atom stereocenters. The molecule has 0 radical (unpaired) electrons. The summed E-state index contributed by atoms with van der Waals surface area (Å²) in [4.78, 5) is 3.90. The largest absolute Gasteiger partial charge is 0.416 e. The highest BCUT2D eigenvalue weighted by Crippen LogP contribution is 2.33. The molecule has 6 heteroatoms. The fourth-order valence-corrected chi connectivity index (χ4v) is 1.84. The molecule has 0 saturated heterocycles. The summed E-state index contributed by atoms with van der Waals surface area (Å²) in [5.74, 6) is -0.915. The van der Waals surface area contributed by atoms with Crippen molar-refractivity contribution < 1.29 is 17.6 Å². The zero-order valence-electron chi connectivity index (χ0n) is 10.4. The van der Waals surface area contributed by atoms with Crippen molar-refractivity contribution in [2.75, 3.05) is 0 Å². The van der Waals surface area contributed by atoms with Gasteiger partial charge >= 0.3 is 6.18 Å². The van der Waals surface area contributed by atoms with Crippen LogP contribution in [0.3, 0.4) is 0 Å². The molecule has 0 bridgehead atoms. The van der Waals surface area contributed by atoms with Crippen molar-refractivity contribution in [3.05, 3.63) is 42.1 Å². The van der Waals surface area contributed by atoms with Gasteiger partial charge in [-0.05, 0) is 32.0 Å². The number of aromatic nitrogens is 2. The molecule has 0 fully saturated rings. The average Bonchev–Trinajstić information content (AvgIpc) is 2.75. The molecular weight excluding hydrogens is 260 g/mol. The van der Waals surface area contributed by atoms with Crippen LogP contribution in [0.4, 0.5) is 17.6 Å². The predicted octanol–water partition coefficient (Wildman–Crippen LogP) is 4.29. The van der Waals surface area contributed by atoms with E-state index >= 15 is 0 Å². The lowest BCUT2D eigenvalue weighted by molar-refractivity contribution is -0.137. The van der Waals surface area contributed by atoms with Gasteiger partial charge in [-0.1, -0.05) is 0 Å². The Morgan fingerprint density at radius 3 is 2.42 bits per heavy atom. The first-order valence-electron chi connectivity index (χ1n) is 5.69. The summed E-state index contributed by atoms with van der Waals surface area (Å²) in [5.41, 5.74) is -0.377. The first kappa shape index (κ1) is 13.6. The average molecular weight is 272 g/mol. The number of alkyl halides is 3. The molecule has 0 N–H and O–H groups in total. The Morgan fingerprint density at radius 1 is 1.16 bits per heavy atom. The zero-order valence-corrected chi connectivity index (χ0v) is 10.4. The second kappa shape index (κ2) is 4.68. The molecule has 0 aliphatic carbocycles. The van der Waals surface area contributed by atoms with Crippen molar-refractivity contribution in [2.45, 2.75) is 26.1 Å². The minimum atomic E-state index is -4.57. The van der Waals surface area contributed by atoms with Crippen molar-refractivity contribution in [3.63, 3.8) is 0 Å². The van der Waals surface area contributed by atoms with Crippen LogP contribution in [0, 0.1) is 5.82 Å². The van der Waals surface area contributed by atoms with E-state index < -0.39 is 17.6 Å². The Bertz CT molecular complexity index is 585. The summed E-state index contributed by atoms with van der Waals surface area (Å²) < 4.78 is 53.0. The second-order valence-corrected chi connectivity index (χ2v) is 4.51. The molecule has 2 nitrogen and oxygen atoms in total. The molecule has 0 spiro atoms. The minimum absolute atomic E-state index is 0.0232. The first-order chi connectivity index (χ1) is 8.79. The molecule has 2 aromatic rings. The van der Waals surface area contributed by atoms with Crippen LogP contribution in [0.2, 0.25) is 0 Å². The van der Waals surface area contributed by atoms with Crippen LogP contribution in [0.5, 0.6) is 0 Å². The molecule has 19 heavy (non-hydrogen) atoms. The molecule has 102 valence electrons. The van der Waals surface area contributed by atoms with Gasteiger partial charge in [-0.3, -0.25) is 0 Å². The normalized spacial score (nSPS) is 12.2. The molecule has 1 aromatic heterocycles. The number of hydrogen-bond donors (Lipinski definition) is 0. The smallest absolute Gasteiger partial charge is 0.328 e. The van der Waals surface area contributed by atoms with Crippen molar-refractivity contribution >= 4 is 0 Å². The standard InChI is InChI=1S/C13H12F4N2/c1-8(2)19-7-18-6-12(19)9-3-10(13(15,16)17)5-11(14)4-9/h3-8H,1-2H3. The molecule has 0 atom stereocenters. The third kappa shape index (κ3) is 2.77. The van der Waals surface area contributed by atoms with Crippen molar-refractivity contribution in [2.24, 2.45) is 0 Å². The number of nitrogens with zero attached hydrogens (tertiary/aromatic N) is 2. The van der Waals surface area contributed by atoms with Crippen LogP contribution < -0.4 is 0 Å². The van der Waals surface area contributed by atoms with E-state index in [0.717, 1.165) is 12.1 Å². The highest BCUT2D eigenvalue weighted by atomic mass is 19.4. The molecule has 1 heterocycles. The summed E-state index contributed by atoms with van der Waals surface area (Å²) in [5, 5.41) is 0. The Hall–Kier alpha value is -1.85. The lowest BCUT2D eigenvalue weighted by atomic mass is 10.1. The number of benzene rings is 1. The van der Waals surface area contributed by atoms with Crippen LogP contribution in [0.15, 0.2) is 30.7 Å². The third-order valence-corrected chi connectivity index (χ3v) is 2.74. The van der Waals surface area contributed by atoms with E-state index in [1.165, 1.54) is 12.5 Å². The van der Waals surface area contributed by atoms with Gasteiger partial charge in [-0.2, -0.15) is 13.2 Å². The zero-order chi connectivity index (χ0) is 14.2. The van der Waals surface area contributed by atoms with Crippen molar-refractivity contribution in [3.8, 4) is 11.3 Å². The van der Waals surface area contributed by atoms with E-state index in [1.54, 1.807) is 4.57 Å². The van der Waals surface area contributed by atoms with Gasteiger partial charge in [-0.15, -0.1) is 0 Å². The van der Waals surface area contributed by atoms with Crippen molar-refractivity contribution in [1.82, 2.24) is 9.55 Å². The Balaban J connectivity index is 2.57. The monoisotopic (exact) mass is 272 g/mol. The summed E-state index contributed by atoms with van der Waals surface area (Å²) in [6.45, 7) is 3.74.